The SMILES string of the molecule is CC.CC.COc1ccc2c3c1OC1C(=O)CCC4C(C2)N(C)CCC314. The van der Waals surface area contributed by atoms with Crippen LogP contribution in [0.1, 0.15) is 58.1 Å². The van der Waals surface area contributed by atoms with Crippen LogP contribution in [0.15, 0.2) is 12.1 Å². The van der Waals surface area contributed by atoms with Gasteiger partial charge in [-0.25, -0.2) is 0 Å². The molecule has 1 saturated carbocycles. The molecule has 2 aliphatic carbocycles. The van der Waals surface area contributed by atoms with E-state index in [-0.39, 0.29) is 17.3 Å². The lowest BCUT2D eigenvalue weighted by molar-refractivity contribution is -0.138. The Morgan fingerprint density at radius 3 is 2.65 bits per heavy atom. The highest BCUT2D eigenvalue weighted by atomic mass is 16.5. The number of benzene rings is 1. The number of Topliss-reactive ketones (excluding diaryl/α,β-unsaturated/α-hetero) is 1. The molecule has 0 amide bonds. The van der Waals surface area contributed by atoms with Gasteiger partial charge in [0.25, 0.3) is 0 Å². The van der Waals surface area contributed by atoms with Gasteiger partial charge in [-0.05, 0) is 50.4 Å². The lowest BCUT2D eigenvalue weighted by Gasteiger charge is -2.57. The highest BCUT2D eigenvalue weighted by Gasteiger charge is 2.65. The summed E-state index contributed by atoms with van der Waals surface area (Å²) in [5, 5.41) is 0. The third kappa shape index (κ3) is 2.34. The van der Waals surface area contributed by atoms with E-state index in [0.29, 0.717) is 18.4 Å². The molecule has 2 aliphatic heterocycles. The predicted molar refractivity (Wildman–Crippen MR) is 104 cm³/mol. The van der Waals surface area contributed by atoms with Gasteiger partial charge in [0, 0.05) is 23.4 Å². The number of carbonyl (C=O) groups is 1. The fourth-order valence-electron chi connectivity index (χ4n) is 5.67. The lowest BCUT2D eigenvalue weighted by Crippen LogP contribution is -2.65. The van der Waals surface area contributed by atoms with Crippen LogP contribution in [0.4, 0.5) is 0 Å². The third-order valence-electron chi connectivity index (χ3n) is 6.59. The molecule has 4 atom stereocenters. The second-order valence-electron chi connectivity index (χ2n) is 7.28. The van der Waals surface area contributed by atoms with Crippen LogP contribution in [0, 0.1) is 5.92 Å². The van der Waals surface area contributed by atoms with Crippen molar-refractivity contribution < 1.29 is 14.3 Å². The zero-order valence-electron chi connectivity index (χ0n) is 17.1. The monoisotopic (exact) mass is 359 g/mol. The van der Waals surface area contributed by atoms with Crippen molar-refractivity contribution in [1.82, 2.24) is 4.90 Å². The molecule has 1 saturated heterocycles. The molecule has 4 unspecified atom stereocenters. The Hall–Kier alpha value is -1.55. The minimum Gasteiger partial charge on any atom is -0.493 e. The third-order valence-corrected chi connectivity index (χ3v) is 6.59. The van der Waals surface area contributed by atoms with Crippen molar-refractivity contribution in [3.63, 3.8) is 0 Å². The van der Waals surface area contributed by atoms with E-state index in [9.17, 15) is 4.79 Å². The van der Waals surface area contributed by atoms with E-state index in [1.165, 1.54) is 11.1 Å². The first-order chi connectivity index (χ1) is 12.7. The Labute approximate surface area is 157 Å². The number of nitrogens with zero attached hydrogens (tertiary/aromatic N) is 1. The van der Waals surface area contributed by atoms with Crippen molar-refractivity contribution in [2.24, 2.45) is 5.92 Å². The second-order valence-corrected chi connectivity index (χ2v) is 7.28. The van der Waals surface area contributed by atoms with Crippen LogP contribution in [-0.4, -0.2) is 43.5 Å². The summed E-state index contributed by atoms with van der Waals surface area (Å²) in [5.41, 5.74) is 2.57. The highest BCUT2D eigenvalue weighted by Crippen LogP contribution is 2.62. The summed E-state index contributed by atoms with van der Waals surface area (Å²) >= 11 is 0. The molecule has 4 aliphatic rings. The Kier molecular flexibility index (Phi) is 5.34. The highest BCUT2D eigenvalue weighted by molar-refractivity contribution is 5.89. The molecular formula is C22H33NO3. The van der Waals surface area contributed by atoms with Crippen LogP contribution in [0.5, 0.6) is 11.5 Å². The molecule has 1 aromatic rings. The Bertz CT molecular complexity index is 686. The van der Waals surface area contributed by atoms with E-state index >= 15 is 0 Å². The molecular weight excluding hydrogens is 326 g/mol. The smallest absolute Gasteiger partial charge is 0.174 e. The molecule has 0 N–H and O–H groups in total. The summed E-state index contributed by atoms with van der Waals surface area (Å²) < 4.78 is 11.8. The lowest BCUT2D eigenvalue weighted by atomic mass is 9.52. The molecule has 0 radical (unpaired) electrons. The van der Waals surface area contributed by atoms with E-state index in [4.69, 9.17) is 9.47 Å². The van der Waals surface area contributed by atoms with Crippen LogP contribution < -0.4 is 9.47 Å². The normalized spacial score (nSPS) is 33.0. The van der Waals surface area contributed by atoms with E-state index in [1.54, 1.807) is 7.11 Å². The van der Waals surface area contributed by atoms with Crippen molar-refractivity contribution in [3.05, 3.63) is 23.3 Å². The first kappa shape index (κ1) is 19.2. The van der Waals surface area contributed by atoms with Gasteiger partial charge >= 0.3 is 0 Å². The molecule has 144 valence electrons. The second kappa shape index (κ2) is 7.22. The summed E-state index contributed by atoms with van der Waals surface area (Å²) in [4.78, 5) is 15.1. The number of ketones is 1. The number of piperidine rings is 1. The van der Waals surface area contributed by atoms with Crippen LogP contribution in [0.2, 0.25) is 0 Å². The quantitative estimate of drug-likeness (QED) is 0.760. The van der Waals surface area contributed by atoms with Gasteiger partial charge in [-0.1, -0.05) is 33.8 Å². The van der Waals surface area contributed by atoms with E-state index in [1.807, 2.05) is 33.8 Å². The summed E-state index contributed by atoms with van der Waals surface area (Å²) in [5.74, 6) is 2.46. The van der Waals surface area contributed by atoms with Crippen molar-refractivity contribution in [1.29, 1.82) is 0 Å². The van der Waals surface area contributed by atoms with Gasteiger partial charge < -0.3 is 14.4 Å². The zero-order chi connectivity index (χ0) is 19.1. The maximum absolute atomic E-state index is 12.6. The number of methoxy groups -OCH3 is 1. The van der Waals surface area contributed by atoms with E-state index in [0.717, 1.165) is 37.3 Å². The van der Waals surface area contributed by atoms with Gasteiger partial charge in [-0.15, -0.1) is 0 Å². The minimum atomic E-state index is -0.284. The molecule has 1 aromatic carbocycles. The van der Waals surface area contributed by atoms with Gasteiger partial charge in [0.1, 0.15) is 0 Å². The number of likely N-dealkylation sites (tertiary alicyclic amines) is 1. The molecule has 4 nitrogen and oxygen atoms in total. The topological polar surface area (TPSA) is 38.8 Å². The largest absolute Gasteiger partial charge is 0.493 e. The van der Waals surface area contributed by atoms with E-state index in [2.05, 4.69) is 18.0 Å². The molecule has 0 aromatic heterocycles. The van der Waals surface area contributed by atoms with Crippen LogP contribution in [0.3, 0.4) is 0 Å². The van der Waals surface area contributed by atoms with E-state index < -0.39 is 0 Å². The molecule has 2 fully saturated rings. The van der Waals surface area contributed by atoms with Crippen molar-refractivity contribution >= 4 is 5.78 Å². The predicted octanol–water partition coefficient (Wildman–Crippen LogP) is 3.99. The standard InChI is InChI=1S/C18H21NO3.2C2H6/c1-19-8-7-18-11-4-5-13(20)17(18)22-16-14(21-2)6-3-10(15(16)18)9-12(11)19;2*1-2/h3,6,11-12,17H,4-5,7-9H2,1-2H3;2*1-2H3. The number of hydrogen-bond donors (Lipinski definition) is 0. The number of rotatable bonds is 1. The number of carbonyl (C=O) groups excluding carboxylic acids is 1. The molecule has 2 heterocycles. The molecule has 5 rings (SSSR count). The fourth-order valence-corrected chi connectivity index (χ4v) is 5.67. The van der Waals surface area contributed by atoms with Crippen molar-refractivity contribution in [2.75, 3.05) is 20.7 Å². The average Bonchev–Trinajstić information content (AvgIpc) is 3.05. The zero-order valence-corrected chi connectivity index (χ0v) is 17.1. The van der Waals surface area contributed by atoms with Crippen molar-refractivity contribution in [3.8, 4) is 11.5 Å². The fraction of sp³-hybridized carbons (Fsp3) is 0.682. The summed E-state index contributed by atoms with van der Waals surface area (Å²) in [6.07, 6.45) is 3.47. The Balaban J connectivity index is 0.000000461. The summed E-state index contributed by atoms with van der Waals surface area (Å²) in [7, 11) is 3.91. The average molecular weight is 360 g/mol. The molecule has 4 heteroatoms. The van der Waals surface area contributed by atoms with Gasteiger partial charge in [0.05, 0.1) is 7.11 Å². The summed E-state index contributed by atoms with van der Waals surface area (Å²) in [6.45, 7) is 9.05. The van der Waals surface area contributed by atoms with Gasteiger partial charge in [-0.3, -0.25) is 4.79 Å². The van der Waals surface area contributed by atoms with Gasteiger partial charge in [0.2, 0.25) is 0 Å². The Morgan fingerprint density at radius 2 is 1.96 bits per heavy atom. The number of hydrogen-bond acceptors (Lipinski definition) is 4. The van der Waals surface area contributed by atoms with Gasteiger partial charge in [-0.2, -0.15) is 0 Å². The van der Waals surface area contributed by atoms with Crippen LogP contribution in [-0.2, 0) is 16.6 Å². The van der Waals surface area contributed by atoms with Crippen molar-refractivity contribution in [2.45, 2.75) is 70.9 Å². The molecule has 2 bridgehead atoms. The Morgan fingerprint density at radius 1 is 1.23 bits per heavy atom. The van der Waals surface area contributed by atoms with Gasteiger partial charge in [0.15, 0.2) is 23.4 Å². The first-order valence-corrected chi connectivity index (χ1v) is 10.3. The first-order valence-electron chi connectivity index (χ1n) is 10.3. The maximum Gasteiger partial charge on any atom is 0.174 e. The molecule has 1 spiro atoms. The molecule has 26 heavy (non-hydrogen) atoms. The number of likely N-dealkylation sites (N-methyl/N-ethyl adjacent to an activating group) is 1. The minimum absolute atomic E-state index is 0.0933. The maximum atomic E-state index is 12.6. The van der Waals surface area contributed by atoms with Crippen LogP contribution in [0.25, 0.3) is 0 Å². The number of ether oxygens (including phenoxy) is 2. The summed E-state index contributed by atoms with van der Waals surface area (Å²) in [6, 6.07) is 4.73. The van der Waals surface area contributed by atoms with Crippen LogP contribution >= 0.6 is 0 Å².